The first kappa shape index (κ1) is 14.4. The molecule has 0 saturated heterocycles. The summed E-state index contributed by atoms with van der Waals surface area (Å²) in [5.41, 5.74) is 4.29. The van der Waals surface area contributed by atoms with Gasteiger partial charge in [-0.25, -0.2) is 0 Å². The van der Waals surface area contributed by atoms with Gasteiger partial charge in [0.1, 0.15) is 0 Å². The van der Waals surface area contributed by atoms with E-state index >= 15 is 0 Å². The van der Waals surface area contributed by atoms with Crippen LogP contribution in [0.1, 0.15) is 49.7 Å². The van der Waals surface area contributed by atoms with Gasteiger partial charge < -0.3 is 0 Å². The quantitative estimate of drug-likeness (QED) is 0.755. The summed E-state index contributed by atoms with van der Waals surface area (Å²) in [4.78, 5) is 24.5. The fourth-order valence-corrected chi connectivity index (χ4v) is 5.30. The van der Waals surface area contributed by atoms with E-state index in [9.17, 15) is 9.59 Å². The van der Waals surface area contributed by atoms with Crippen LogP contribution in [0.5, 0.6) is 0 Å². The molecule has 4 bridgehead atoms. The minimum atomic E-state index is 0.300. The van der Waals surface area contributed by atoms with E-state index in [0.717, 1.165) is 48.0 Å². The van der Waals surface area contributed by atoms with Crippen molar-refractivity contribution in [3.8, 4) is 0 Å². The number of carbonyl (C=O) groups excluding carboxylic acids is 2. The van der Waals surface area contributed by atoms with Gasteiger partial charge in [-0.05, 0) is 84.8 Å². The lowest BCUT2D eigenvalue weighted by Gasteiger charge is -2.13. The highest BCUT2D eigenvalue weighted by Gasteiger charge is 2.43. The first-order valence-corrected chi connectivity index (χ1v) is 9.31. The van der Waals surface area contributed by atoms with Gasteiger partial charge in [0.25, 0.3) is 0 Å². The van der Waals surface area contributed by atoms with E-state index in [1.54, 1.807) is 0 Å². The maximum absolute atomic E-state index is 12.3. The third-order valence-corrected chi connectivity index (χ3v) is 6.64. The molecule has 4 aliphatic rings. The average Bonchev–Trinajstić information content (AvgIpc) is 3.34. The molecule has 4 atom stereocenters. The Hall–Kier alpha value is -1.96. The maximum atomic E-state index is 12.3. The fraction of sp³-hybridized carbons (Fsp3) is 0.455. The summed E-state index contributed by atoms with van der Waals surface area (Å²) in [5.74, 6) is 2.35. The van der Waals surface area contributed by atoms with Crippen molar-refractivity contribution in [2.75, 3.05) is 0 Å². The monoisotopic (exact) mass is 318 g/mol. The second kappa shape index (κ2) is 5.27. The molecule has 4 unspecified atom stereocenters. The second-order valence-electron chi connectivity index (χ2n) is 8.01. The number of Topliss-reactive ketones (excluding diaryl/α,β-unsaturated/α-hetero) is 2. The maximum Gasteiger partial charge on any atom is 0.162 e. The van der Waals surface area contributed by atoms with Gasteiger partial charge >= 0.3 is 0 Å². The smallest absolute Gasteiger partial charge is 0.162 e. The van der Waals surface area contributed by atoms with Gasteiger partial charge in [0.2, 0.25) is 0 Å². The Labute approximate surface area is 142 Å². The van der Waals surface area contributed by atoms with Crippen molar-refractivity contribution in [2.45, 2.75) is 38.5 Å². The minimum Gasteiger partial charge on any atom is -0.294 e. The first-order valence-electron chi connectivity index (χ1n) is 9.31. The van der Waals surface area contributed by atoms with E-state index < -0.39 is 0 Å². The molecular weight excluding hydrogens is 296 g/mol. The highest BCUT2D eigenvalue weighted by atomic mass is 16.1. The molecule has 1 aromatic carbocycles. The molecular formula is C22H22O2. The zero-order valence-corrected chi connectivity index (χ0v) is 13.8. The molecule has 0 radical (unpaired) electrons. The summed E-state index contributed by atoms with van der Waals surface area (Å²) < 4.78 is 0. The van der Waals surface area contributed by atoms with E-state index in [4.69, 9.17) is 0 Å². The molecule has 0 aromatic heterocycles. The molecule has 1 aromatic rings. The summed E-state index contributed by atoms with van der Waals surface area (Å²) in [6.07, 6.45) is 10.8. The van der Waals surface area contributed by atoms with Crippen LogP contribution in [0.4, 0.5) is 0 Å². The number of allylic oxidation sites excluding steroid dienone is 2. The van der Waals surface area contributed by atoms with Crippen LogP contribution in [-0.2, 0) is 9.59 Å². The standard InChI is InChI=1S/C22H22O2/c23-21-17-7-5-15(11-17)19(21)9-13-1-2-14(4-3-13)10-20-16-6-8-18(12-16)22(20)24/h1-4,9-10,15-18H,5-8,11-12H2/b19-9-,20-10-. The summed E-state index contributed by atoms with van der Waals surface area (Å²) in [5, 5.41) is 0. The van der Waals surface area contributed by atoms with Crippen LogP contribution in [0.25, 0.3) is 12.2 Å². The van der Waals surface area contributed by atoms with Crippen LogP contribution in [0.15, 0.2) is 35.4 Å². The topological polar surface area (TPSA) is 34.1 Å². The lowest BCUT2D eigenvalue weighted by atomic mass is 9.91. The number of hydrogen-bond acceptors (Lipinski definition) is 2. The summed E-state index contributed by atoms with van der Waals surface area (Å²) >= 11 is 0. The lowest BCUT2D eigenvalue weighted by molar-refractivity contribution is -0.119. The van der Waals surface area contributed by atoms with Crippen LogP contribution >= 0.6 is 0 Å². The van der Waals surface area contributed by atoms with Crippen LogP contribution in [0, 0.1) is 23.7 Å². The SMILES string of the molecule is O=C1/C(=C\c2ccc(/C=C3\C(=O)C4CCC3C4)cc2)C2CCC1C2. The summed E-state index contributed by atoms with van der Waals surface area (Å²) in [7, 11) is 0. The van der Waals surface area contributed by atoms with E-state index in [1.807, 2.05) is 0 Å². The van der Waals surface area contributed by atoms with Crippen molar-refractivity contribution >= 4 is 23.7 Å². The molecule has 0 heterocycles. The predicted octanol–water partition coefficient (Wildman–Crippen LogP) is 4.45. The molecule has 24 heavy (non-hydrogen) atoms. The average molecular weight is 318 g/mol. The van der Waals surface area contributed by atoms with Crippen molar-refractivity contribution < 1.29 is 9.59 Å². The normalized spacial score (nSPS) is 37.3. The van der Waals surface area contributed by atoms with Crippen molar-refractivity contribution in [1.29, 1.82) is 0 Å². The molecule has 0 amide bonds. The Balaban J connectivity index is 1.39. The van der Waals surface area contributed by atoms with Crippen molar-refractivity contribution in [2.24, 2.45) is 23.7 Å². The minimum absolute atomic E-state index is 0.300. The second-order valence-corrected chi connectivity index (χ2v) is 8.01. The van der Waals surface area contributed by atoms with Crippen molar-refractivity contribution in [1.82, 2.24) is 0 Å². The van der Waals surface area contributed by atoms with E-state index in [2.05, 4.69) is 36.4 Å². The van der Waals surface area contributed by atoms with Gasteiger partial charge in [-0.15, -0.1) is 0 Å². The van der Waals surface area contributed by atoms with Crippen LogP contribution in [0.3, 0.4) is 0 Å². The molecule has 2 heteroatoms. The molecule has 5 rings (SSSR count). The molecule has 4 aliphatic carbocycles. The Kier molecular flexibility index (Phi) is 3.16. The van der Waals surface area contributed by atoms with Crippen LogP contribution < -0.4 is 0 Å². The zero-order valence-electron chi connectivity index (χ0n) is 13.8. The highest BCUT2D eigenvalue weighted by molar-refractivity contribution is 6.05. The summed E-state index contributed by atoms with van der Waals surface area (Å²) in [6.45, 7) is 0. The number of carbonyl (C=O) groups is 2. The Bertz CT molecular complexity index is 714. The molecule has 4 fully saturated rings. The zero-order chi connectivity index (χ0) is 16.3. The molecule has 0 aliphatic heterocycles. The number of rotatable bonds is 2. The highest BCUT2D eigenvalue weighted by Crippen LogP contribution is 2.47. The molecule has 122 valence electrons. The van der Waals surface area contributed by atoms with Crippen molar-refractivity contribution in [3.05, 3.63) is 46.5 Å². The van der Waals surface area contributed by atoms with Crippen LogP contribution in [-0.4, -0.2) is 11.6 Å². The molecule has 0 spiro atoms. The largest absolute Gasteiger partial charge is 0.294 e. The van der Waals surface area contributed by atoms with Gasteiger partial charge in [0.15, 0.2) is 11.6 Å². The molecule has 0 N–H and O–H groups in total. The van der Waals surface area contributed by atoms with Crippen molar-refractivity contribution in [3.63, 3.8) is 0 Å². The Morgan fingerprint density at radius 3 is 1.33 bits per heavy atom. The Morgan fingerprint density at radius 1 is 0.625 bits per heavy atom. The fourth-order valence-electron chi connectivity index (χ4n) is 5.30. The first-order chi connectivity index (χ1) is 11.7. The molecule has 4 saturated carbocycles. The third kappa shape index (κ3) is 2.16. The lowest BCUT2D eigenvalue weighted by Crippen LogP contribution is -2.12. The summed E-state index contributed by atoms with van der Waals surface area (Å²) in [6, 6.07) is 8.32. The third-order valence-electron chi connectivity index (χ3n) is 6.64. The predicted molar refractivity (Wildman–Crippen MR) is 94.1 cm³/mol. The number of ketones is 2. The van der Waals surface area contributed by atoms with E-state index in [-0.39, 0.29) is 0 Å². The van der Waals surface area contributed by atoms with Gasteiger partial charge in [0, 0.05) is 11.8 Å². The van der Waals surface area contributed by atoms with Gasteiger partial charge in [-0.1, -0.05) is 24.3 Å². The number of hydrogen-bond donors (Lipinski definition) is 0. The van der Waals surface area contributed by atoms with E-state index in [1.165, 1.54) is 12.8 Å². The van der Waals surface area contributed by atoms with Gasteiger partial charge in [-0.3, -0.25) is 9.59 Å². The van der Waals surface area contributed by atoms with Crippen LogP contribution in [0.2, 0.25) is 0 Å². The van der Waals surface area contributed by atoms with Gasteiger partial charge in [-0.2, -0.15) is 0 Å². The Morgan fingerprint density at radius 2 is 1.00 bits per heavy atom. The molecule has 2 nitrogen and oxygen atoms in total. The van der Waals surface area contributed by atoms with E-state index in [0.29, 0.717) is 35.2 Å². The number of fused-ring (bicyclic) bond motifs is 4. The van der Waals surface area contributed by atoms with Gasteiger partial charge in [0.05, 0.1) is 0 Å². The number of benzene rings is 1.